The molecule has 0 bridgehead atoms. The molecule has 2 heterocycles. The lowest BCUT2D eigenvalue weighted by Crippen LogP contribution is -2.34. The highest BCUT2D eigenvalue weighted by atomic mass is 32.1. The molecule has 4 aromatic rings. The third-order valence-electron chi connectivity index (χ3n) is 5.10. The summed E-state index contributed by atoms with van der Waals surface area (Å²) in [4.78, 5) is 25.1. The SMILES string of the molecule is O=C(NC(=S)Nc1cccc(-c2cc3ccccc3oc2=O)c1)c1ccc2c(c1)OCCO2. The molecule has 8 heteroatoms. The van der Waals surface area contributed by atoms with Gasteiger partial charge in [0.2, 0.25) is 0 Å². The first kappa shape index (κ1) is 20.7. The van der Waals surface area contributed by atoms with Crippen LogP contribution >= 0.6 is 12.2 Å². The van der Waals surface area contributed by atoms with Gasteiger partial charge < -0.3 is 19.2 Å². The molecule has 0 saturated carbocycles. The van der Waals surface area contributed by atoms with Crippen LogP contribution in [0.15, 0.2) is 82.0 Å². The molecule has 0 atom stereocenters. The highest BCUT2D eigenvalue weighted by Gasteiger charge is 2.16. The fourth-order valence-corrected chi connectivity index (χ4v) is 3.76. The highest BCUT2D eigenvalue weighted by Crippen LogP contribution is 2.30. The van der Waals surface area contributed by atoms with E-state index in [1.54, 1.807) is 48.5 Å². The van der Waals surface area contributed by atoms with Gasteiger partial charge in [0, 0.05) is 16.6 Å². The van der Waals surface area contributed by atoms with Crippen molar-refractivity contribution in [2.75, 3.05) is 18.5 Å². The summed E-state index contributed by atoms with van der Waals surface area (Å²) in [6, 6.07) is 21.2. The maximum atomic E-state index is 12.6. The molecule has 0 radical (unpaired) electrons. The number of amides is 1. The van der Waals surface area contributed by atoms with Crippen LogP contribution in [0.1, 0.15) is 10.4 Å². The van der Waals surface area contributed by atoms with Crippen molar-refractivity contribution in [2.45, 2.75) is 0 Å². The van der Waals surface area contributed by atoms with Crippen LogP contribution in [0.5, 0.6) is 11.5 Å². The summed E-state index contributed by atoms with van der Waals surface area (Å²) in [5, 5.41) is 6.58. The average molecular weight is 458 g/mol. The number of para-hydroxylation sites is 1. The third-order valence-corrected chi connectivity index (χ3v) is 5.31. The summed E-state index contributed by atoms with van der Waals surface area (Å²) < 4.78 is 16.4. The number of carbonyl (C=O) groups excluding carboxylic acids is 1. The molecular formula is C25H18N2O5S. The number of fused-ring (bicyclic) bond motifs is 2. The maximum Gasteiger partial charge on any atom is 0.344 e. The van der Waals surface area contributed by atoms with Gasteiger partial charge in [-0.15, -0.1) is 0 Å². The molecule has 5 rings (SSSR count). The first-order valence-electron chi connectivity index (χ1n) is 10.2. The molecule has 1 amide bonds. The van der Waals surface area contributed by atoms with Crippen molar-refractivity contribution < 1.29 is 18.7 Å². The fourth-order valence-electron chi connectivity index (χ4n) is 3.55. The summed E-state index contributed by atoms with van der Waals surface area (Å²) in [6.07, 6.45) is 0. The van der Waals surface area contributed by atoms with Gasteiger partial charge in [0.25, 0.3) is 5.91 Å². The van der Waals surface area contributed by atoms with E-state index >= 15 is 0 Å². The quantitative estimate of drug-likeness (QED) is 0.348. The summed E-state index contributed by atoms with van der Waals surface area (Å²) in [5.74, 6) is 0.749. The fraction of sp³-hybridized carbons (Fsp3) is 0.0800. The minimum Gasteiger partial charge on any atom is -0.486 e. The second-order valence-electron chi connectivity index (χ2n) is 7.33. The Morgan fingerprint density at radius 1 is 0.879 bits per heavy atom. The van der Waals surface area contributed by atoms with Crippen molar-refractivity contribution in [1.82, 2.24) is 5.32 Å². The van der Waals surface area contributed by atoms with E-state index in [2.05, 4.69) is 10.6 Å². The van der Waals surface area contributed by atoms with Crippen LogP contribution in [0.2, 0.25) is 0 Å². The Bertz CT molecular complexity index is 1450. The zero-order chi connectivity index (χ0) is 22.8. The lowest BCUT2D eigenvalue weighted by molar-refractivity contribution is 0.0976. The molecule has 0 aliphatic carbocycles. The third kappa shape index (κ3) is 4.42. The first-order chi connectivity index (χ1) is 16.1. The molecule has 164 valence electrons. The summed E-state index contributed by atoms with van der Waals surface area (Å²) in [5.41, 5.74) is 2.21. The lowest BCUT2D eigenvalue weighted by atomic mass is 10.1. The minimum atomic E-state index is -0.430. The summed E-state index contributed by atoms with van der Waals surface area (Å²) >= 11 is 5.30. The number of thiocarbonyl (C=S) groups is 1. The predicted molar refractivity (Wildman–Crippen MR) is 129 cm³/mol. The zero-order valence-electron chi connectivity index (χ0n) is 17.3. The van der Waals surface area contributed by atoms with E-state index in [0.29, 0.717) is 52.7 Å². The number of hydrogen-bond donors (Lipinski definition) is 2. The molecule has 2 N–H and O–H groups in total. The van der Waals surface area contributed by atoms with Crippen LogP contribution in [0.4, 0.5) is 5.69 Å². The van der Waals surface area contributed by atoms with Crippen LogP contribution in [-0.4, -0.2) is 24.2 Å². The molecule has 1 aromatic heterocycles. The monoisotopic (exact) mass is 458 g/mol. The number of hydrogen-bond acceptors (Lipinski definition) is 6. The van der Waals surface area contributed by atoms with Gasteiger partial charge in [0.15, 0.2) is 16.6 Å². The van der Waals surface area contributed by atoms with Gasteiger partial charge in [-0.2, -0.15) is 0 Å². The van der Waals surface area contributed by atoms with E-state index in [4.69, 9.17) is 26.1 Å². The maximum absolute atomic E-state index is 12.6. The van der Waals surface area contributed by atoms with Crippen molar-refractivity contribution in [3.8, 4) is 22.6 Å². The number of benzene rings is 3. The Balaban J connectivity index is 1.32. The van der Waals surface area contributed by atoms with E-state index in [9.17, 15) is 9.59 Å². The molecule has 0 spiro atoms. The topological polar surface area (TPSA) is 89.8 Å². The van der Waals surface area contributed by atoms with Gasteiger partial charge >= 0.3 is 5.63 Å². The van der Waals surface area contributed by atoms with Crippen LogP contribution in [0.3, 0.4) is 0 Å². The number of rotatable bonds is 3. The van der Waals surface area contributed by atoms with E-state index < -0.39 is 5.63 Å². The van der Waals surface area contributed by atoms with Gasteiger partial charge in [0.05, 0.1) is 5.56 Å². The molecule has 0 saturated heterocycles. The molecular weight excluding hydrogens is 440 g/mol. The normalized spacial score (nSPS) is 12.2. The van der Waals surface area contributed by atoms with E-state index in [-0.39, 0.29) is 11.0 Å². The number of ether oxygens (including phenoxy) is 2. The largest absolute Gasteiger partial charge is 0.486 e. The Morgan fingerprint density at radius 2 is 1.70 bits per heavy atom. The van der Waals surface area contributed by atoms with Crippen molar-refractivity contribution in [1.29, 1.82) is 0 Å². The van der Waals surface area contributed by atoms with Crippen molar-refractivity contribution in [3.05, 3.63) is 88.8 Å². The highest BCUT2D eigenvalue weighted by molar-refractivity contribution is 7.80. The first-order valence-corrected chi connectivity index (χ1v) is 10.6. The molecule has 3 aromatic carbocycles. The number of carbonyl (C=O) groups is 1. The van der Waals surface area contributed by atoms with E-state index in [1.807, 2.05) is 24.3 Å². The zero-order valence-corrected chi connectivity index (χ0v) is 18.1. The van der Waals surface area contributed by atoms with Crippen molar-refractivity contribution >= 4 is 39.9 Å². The van der Waals surface area contributed by atoms with Gasteiger partial charge in [-0.25, -0.2) is 4.79 Å². The predicted octanol–water partition coefficient (Wildman–Crippen LogP) is 4.36. The van der Waals surface area contributed by atoms with Crippen molar-refractivity contribution in [3.63, 3.8) is 0 Å². The Labute approximate surface area is 193 Å². The molecule has 0 fully saturated rings. The minimum absolute atomic E-state index is 0.123. The smallest absolute Gasteiger partial charge is 0.344 e. The molecule has 1 aliphatic rings. The standard InChI is InChI=1S/C25H18N2O5S/c28-23(17-8-9-21-22(14-17)31-11-10-30-21)27-25(33)26-18-6-3-5-15(12-18)19-13-16-4-1-2-7-20(16)32-24(19)29/h1-9,12-14H,10-11H2,(H2,26,27,28,33). The molecule has 7 nitrogen and oxygen atoms in total. The number of nitrogens with one attached hydrogen (secondary N) is 2. The van der Waals surface area contributed by atoms with Gasteiger partial charge in [-0.05, 0) is 60.2 Å². The second-order valence-corrected chi connectivity index (χ2v) is 7.74. The van der Waals surface area contributed by atoms with Crippen LogP contribution in [-0.2, 0) is 0 Å². The molecule has 0 unspecified atom stereocenters. The lowest BCUT2D eigenvalue weighted by Gasteiger charge is -2.18. The van der Waals surface area contributed by atoms with Crippen LogP contribution in [0.25, 0.3) is 22.1 Å². The number of anilines is 1. The summed E-state index contributed by atoms with van der Waals surface area (Å²) in [7, 11) is 0. The van der Waals surface area contributed by atoms with Crippen LogP contribution < -0.4 is 25.7 Å². The van der Waals surface area contributed by atoms with E-state index in [0.717, 1.165) is 5.39 Å². The van der Waals surface area contributed by atoms with Crippen molar-refractivity contribution in [2.24, 2.45) is 0 Å². The van der Waals surface area contributed by atoms with Gasteiger partial charge in [0.1, 0.15) is 18.8 Å². The summed E-state index contributed by atoms with van der Waals surface area (Å²) in [6.45, 7) is 0.913. The Hall–Kier alpha value is -4.17. The Morgan fingerprint density at radius 3 is 2.58 bits per heavy atom. The molecule has 1 aliphatic heterocycles. The molecule has 33 heavy (non-hydrogen) atoms. The van der Waals surface area contributed by atoms with E-state index in [1.165, 1.54) is 0 Å². The Kier molecular flexibility index (Phi) is 5.50. The van der Waals surface area contributed by atoms with Gasteiger partial charge in [-0.1, -0.05) is 30.3 Å². The average Bonchev–Trinajstić information content (AvgIpc) is 2.83. The second kappa shape index (κ2) is 8.76. The van der Waals surface area contributed by atoms with Gasteiger partial charge in [-0.3, -0.25) is 10.1 Å². The van der Waals surface area contributed by atoms with Crippen LogP contribution in [0, 0.1) is 0 Å².